The number of hydrogen-bond donors (Lipinski definition) is 13. The van der Waals surface area contributed by atoms with E-state index in [1.54, 1.807) is 0 Å². The Balaban J connectivity index is 0. The van der Waals surface area contributed by atoms with Crippen molar-refractivity contribution in [3.8, 4) is 5.75 Å². The van der Waals surface area contributed by atoms with Crippen LogP contribution in [0.25, 0.3) is 0 Å². The predicted octanol–water partition coefficient (Wildman–Crippen LogP) is -5.63. The lowest BCUT2D eigenvalue weighted by atomic mass is 10.1. The minimum absolute atomic E-state index is 0.141. The molecule has 0 bridgehead atoms. The van der Waals surface area contributed by atoms with Gasteiger partial charge in [0.15, 0.2) is 6.23 Å². The molecule has 0 saturated carbocycles. The maximum absolute atomic E-state index is 11.7. The van der Waals surface area contributed by atoms with Gasteiger partial charge in [-0.1, -0.05) is 0 Å². The molecule has 202 valence electrons. The molecule has 1 aromatic rings. The molecular weight excluding hydrogens is 545 g/mol. The summed E-state index contributed by atoms with van der Waals surface area (Å²) in [5.41, 5.74) is -1.53. The quantitative estimate of drug-likeness (QED) is 0.151. The van der Waals surface area contributed by atoms with Crippen LogP contribution < -0.4 is 16.0 Å². The van der Waals surface area contributed by atoms with Crippen molar-refractivity contribution in [1.29, 1.82) is 0 Å². The zero-order chi connectivity index (χ0) is 27.7. The Morgan fingerprint density at radius 3 is 1.59 bits per heavy atom. The van der Waals surface area contributed by atoms with Crippen LogP contribution in [0.2, 0.25) is 0 Å². The van der Waals surface area contributed by atoms with E-state index in [2.05, 4.69) is 0 Å². The molecule has 1 aliphatic heterocycles. The number of phosphoric acid groups is 3. The van der Waals surface area contributed by atoms with Gasteiger partial charge in [-0.05, 0) is 0 Å². The lowest BCUT2D eigenvalue weighted by Gasteiger charge is -2.17. The lowest BCUT2D eigenvalue weighted by Crippen LogP contribution is -2.38. The van der Waals surface area contributed by atoms with Crippen LogP contribution in [0.5, 0.6) is 5.75 Å². The molecule has 0 aliphatic carbocycles. The monoisotopic (exact) mass is 568 g/mol. The highest BCUT2D eigenvalue weighted by molar-refractivity contribution is 7.45. The van der Waals surface area contributed by atoms with E-state index >= 15 is 0 Å². The maximum atomic E-state index is 11.7. The number of aromatic amines is 1. The van der Waals surface area contributed by atoms with Crippen LogP contribution in [-0.2, 0) is 18.4 Å². The van der Waals surface area contributed by atoms with E-state index in [1.165, 1.54) is 7.11 Å². The average Bonchev–Trinajstić information content (AvgIpc) is 2.86. The summed E-state index contributed by atoms with van der Waals surface area (Å²) in [5, 5.41) is 28.4. The van der Waals surface area contributed by atoms with E-state index in [-0.39, 0.29) is 5.75 Å². The van der Waals surface area contributed by atoms with E-state index in [0.717, 1.165) is 10.8 Å². The molecule has 21 nitrogen and oxygen atoms in total. The highest BCUT2D eigenvalue weighted by Crippen LogP contribution is 2.28. The minimum atomic E-state index is -4.64. The Morgan fingerprint density at radius 1 is 0.912 bits per heavy atom. The van der Waals surface area contributed by atoms with Gasteiger partial charge in [0.2, 0.25) is 5.75 Å². The van der Waals surface area contributed by atoms with Crippen molar-refractivity contribution >= 4 is 23.5 Å². The first kappa shape index (κ1) is 34.8. The SMILES string of the molecule is COc1cn([C@@H]2O[C@H](CO)[C@@H](O)[C@H]2O)c(=O)[nH]c1=O.O=P(O)(O)O.O=P(O)(O)O.O=P(O)(O)O. The van der Waals surface area contributed by atoms with E-state index in [1.807, 2.05) is 4.98 Å². The number of aromatic nitrogens is 2. The summed E-state index contributed by atoms with van der Waals surface area (Å²) in [4.78, 5) is 89.7. The van der Waals surface area contributed by atoms with Crippen LogP contribution >= 0.6 is 23.5 Å². The normalized spacial score (nSPS) is 22.3. The number of aliphatic hydroxyl groups is 3. The van der Waals surface area contributed by atoms with Crippen LogP contribution in [0, 0.1) is 0 Å². The number of aliphatic hydroxyl groups excluding tert-OH is 3. The second kappa shape index (κ2) is 14.3. The molecule has 13 N–H and O–H groups in total. The molecule has 0 aromatic carbocycles. The van der Waals surface area contributed by atoms with E-state index in [9.17, 15) is 19.8 Å². The van der Waals surface area contributed by atoms with E-state index in [4.69, 9.17) is 72.3 Å². The molecule has 0 radical (unpaired) electrons. The first-order chi connectivity index (χ1) is 15.0. The van der Waals surface area contributed by atoms with E-state index in [0.29, 0.717) is 0 Å². The van der Waals surface area contributed by atoms with Crippen molar-refractivity contribution in [3.05, 3.63) is 27.0 Å². The van der Waals surface area contributed by atoms with E-state index < -0.39 is 65.9 Å². The topological polar surface area (TPSA) is 367 Å². The van der Waals surface area contributed by atoms with Crippen LogP contribution in [0.3, 0.4) is 0 Å². The Hall–Kier alpha value is -1.35. The molecule has 2 heterocycles. The summed E-state index contributed by atoms with van der Waals surface area (Å²) in [6.07, 6.45) is -3.90. The van der Waals surface area contributed by atoms with Gasteiger partial charge < -0.3 is 68.8 Å². The molecule has 1 aliphatic rings. The summed E-state index contributed by atoms with van der Waals surface area (Å²) in [6.45, 7) is -0.510. The zero-order valence-electron chi connectivity index (χ0n) is 16.6. The lowest BCUT2D eigenvalue weighted by molar-refractivity contribution is -0.0552. The third-order valence-electron chi connectivity index (χ3n) is 2.95. The molecule has 1 aromatic heterocycles. The fourth-order valence-corrected chi connectivity index (χ4v) is 1.91. The van der Waals surface area contributed by atoms with Gasteiger partial charge >= 0.3 is 29.2 Å². The Bertz CT molecular complexity index is 932. The maximum Gasteiger partial charge on any atom is 0.466 e. The van der Waals surface area contributed by atoms with Gasteiger partial charge in [-0.3, -0.25) is 14.3 Å². The van der Waals surface area contributed by atoms with Gasteiger partial charge in [-0.25, -0.2) is 18.5 Å². The van der Waals surface area contributed by atoms with Crippen molar-refractivity contribution < 1.29 is 82.5 Å². The van der Waals surface area contributed by atoms with Gasteiger partial charge in [0.1, 0.15) is 18.3 Å². The number of rotatable bonds is 3. The van der Waals surface area contributed by atoms with Crippen molar-refractivity contribution in [1.82, 2.24) is 9.55 Å². The summed E-state index contributed by atoms with van der Waals surface area (Å²) >= 11 is 0. The number of ether oxygens (including phenoxy) is 2. The van der Waals surface area contributed by atoms with Crippen molar-refractivity contribution in [2.75, 3.05) is 13.7 Å². The molecule has 1 fully saturated rings. The molecule has 0 amide bonds. The largest absolute Gasteiger partial charge is 0.490 e. The molecule has 0 spiro atoms. The number of methoxy groups -OCH3 is 1. The summed E-state index contributed by atoms with van der Waals surface area (Å²) in [5.74, 6) is -0.141. The van der Waals surface area contributed by atoms with Crippen molar-refractivity contribution in [2.45, 2.75) is 24.5 Å². The van der Waals surface area contributed by atoms with Gasteiger partial charge in [0, 0.05) is 0 Å². The number of nitrogens with zero attached hydrogens (tertiary/aromatic N) is 1. The summed E-state index contributed by atoms with van der Waals surface area (Å²) < 4.78 is 37.5. The van der Waals surface area contributed by atoms with Crippen LogP contribution in [0.15, 0.2) is 15.8 Å². The molecule has 1 saturated heterocycles. The van der Waals surface area contributed by atoms with Gasteiger partial charge in [0.25, 0.3) is 5.56 Å². The zero-order valence-corrected chi connectivity index (χ0v) is 19.3. The predicted molar refractivity (Wildman–Crippen MR) is 104 cm³/mol. The van der Waals surface area contributed by atoms with Crippen LogP contribution in [0.4, 0.5) is 0 Å². The first-order valence-electron chi connectivity index (χ1n) is 7.86. The molecule has 4 atom stereocenters. The summed E-state index contributed by atoms with van der Waals surface area (Å²) in [7, 11) is -12.7. The summed E-state index contributed by atoms with van der Waals surface area (Å²) in [6, 6.07) is 0. The van der Waals surface area contributed by atoms with Crippen molar-refractivity contribution in [3.63, 3.8) is 0 Å². The second-order valence-electron chi connectivity index (χ2n) is 5.63. The molecule has 24 heteroatoms. The Morgan fingerprint density at radius 2 is 1.29 bits per heavy atom. The smallest absolute Gasteiger partial charge is 0.466 e. The highest BCUT2D eigenvalue weighted by Gasteiger charge is 2.43. The van der Waals surface area contributed by atoms with Gasteiger partial charge in [-0.15, -0.1) is 0 Å². The number of nitrogens with one attached hydrogen (secondary N) is 1. The van der Waals surface area contributed by atoms with Gasteiger partial charge in [0.05, 0.1) is 19.9 Å². The van der Waals surface area contributed by atoms with Crippen LogP contribution in [0.1, 0.15) is 6.23 Å². The number of H-pyrrole nitrogens is 1. The molecule has 0 unspecified atom stereocenters. The standard InChI is InChI=1S/C10H14N2O7.3H3O4P/c1-18-4-2-12(10(17)11-8(4)16)9-7(15)6(14)5(3-13)19-9;3*1-5(2,3)4/h2,5-7,9,13-15H,3H2,1H3,(H,11,16,17);3*(H3,1,2,3,4)/t5-,6-,7-,9-;;;/m1.../s1. The van der Waals surface area contributed by atoms with Crippen LogP contribution in [-0.4, -0.2) is 101 Å². The fraction of sp³-hybridized carbons (Fsp3) is 0.600. The second-order valence-corrected chi connectivity index (χ2v) is 8.71. The highest BCUT2D eigenvalue weighted by atomic mass is 31.2. The molecule has 34 heavy (non-hydrogen) atoms. The third kappa shape index (κ3) is 18.0. The fourth-order valence-electron chi connectivity index (χ4n) is 1.91. The molecular formula is C10H23N2O19P3. The Kier molecular flexibility index (Phi) is 14.6. The van der Waals surface area contributed by atoms with Crippen molar-refractivity contribution in [2.24, 2.45) is 0 Å². The average molecular weight is 568 g/mol. The Labute approximate surface area is 187 Å². The molecule has 2 rings (SSSR count). The first-order valence-corrected chi connectivity index (χ1v) is 12.6. The number of hydrogen-bond acceptors (Lipinski definition) is 10. The van der Waals surface area contributed by atoms with Gasteiger partial charge in [-0.2, -0.15) is 0 Å². The third-order valence-corrected chi connectivity index (χ3v) is 2.95. The minimum Gasteiger partial charge on any atom is -0.490 e.